The summed E-state index contributed by atoms with van der Waals surface area (Å²) in [6.45, 7) is 4.67. The van der Waals surface area contributed by atoms with Crippen LogP contribution in [0.15, 0.2) is 0 Å². The molecule has 136 valence electrons. The molecule has 0 radical (unpaired) electrons. The molecule has 23 heavy (non-hydrogen) atoms. The van der Waals surface area contributed by atoms with E-state index in [2.05, 4.69) is 13.8 Å². The van der Waals surface area contributed by atoms with E-state index in [0.29, 0.717) is 0 Å². The molecule has 0 aromatic heterocycles. The summed E-state index contributed by atoms with van der Waals surface area (Å²) >= 11 is 0. The Morgan fingerprint density at radius 2 is 0.957 bits per heavy atom. The van der Waals surface area contributed by atoms with Crippen LogP contribution in [0.3, 0.4) is 0 Å². The van der Waals surface area contributed by atoms with Gasteiger partial charge in [0.15, 0.2) is 0 Å². The van der Waals surface area contributed by atoms with Crippen molar-refractivity contribution >= 4 is 0 Å². The lowest BCUT2D eigenvalue weighted by Gasteiger charge is -2.34. The van der Waals surface area contributed by atoms with Gasteiger partial charge in [0.2, 0.25) is 0 Å². The van der Waals surface area contributed by atoms with Crippen LogP contribution in [-0.2, 0) is 0 Å². The van der Waals surface area contributed by atoms with Crippen molar-refractivity contribution in [3.63, 3.8) is 0 Å². The van der Waals surface area contributed by atoms with E-state index in [1.165, 1.54) is 44.9 Å². The third-order valence-electron chi connectivity index (χ3n) is 7.01. The molecule has 0 nitrogen and oxygen atoms in total. The van der Waals surface area contributed by atoms with E-state index < -0.39 is 0 Å². The van der Waals surface area contributed by atoms with Crippen LogP contribution in [0.2, 0.25) is 0 Å². The summed E-state index contributed by atoms with van der Waals surface area (Å²) in [5, 5.41) is 0. The van der Waals surface area contributed by atoms with E-state index in [1.807, 2.05) is 0 Å². The van der Waals surface area contributed by atoms with Gasteiger partial charge in [-0.1, -0.05) is 117 Å². The molecule has 0 aromatic rings. The molecule has 0 spiro atoms. The van der Waals surface area contributed by atoms with Crippen molar-refractivity contribution in [2.45, 2.75) is 123 Å². The molecule has 2 aliphatic rings. The van der Waals surface area contributed by atoms with Crippen LogP contribution >= 0.6 is 0 Å². The summed E-state index contributed by atoms with van der Waals surface area (Å²) in [5.74, 6) is 4.37. The lowest BCUT2D eigenvalue weighted by atomic mass is 9.72. The first-order chi connectivity index (χ1) is 11.3. The Labute approximate surface area is 147 Å². The molecule has 0 saturated heterocycles. The molecule has 0 heterocycles. The predicted molar refractivity (Wildman–Crippen MR) is 104 cm³/mol. The standard InChI is InChI=1S/C23H44/c1-3-5-6-7-8-10-21-13-17-23(18-14-21)19-22-15-11-20(9-4-2)12-16-22/h20-23H,3-19H2,1-2H3/t20?,21-,22?,23-. The summed E-state index contributed by atoms with van der Waals surface area (Å²) in [6.07, 6.45) is 25.8. The highest BCUT2D eigenvalue weighted by molar-refractivity contribution is 4.78. The minimum Gasteiger partial charge on any atom is -0.0654 e. The minimum atomic E-state index is 1.08. The molecule has 0 heteroatoms. The first kappa shape index (κ1) is 19.3. The molecule has 2 aliphatic carbocycles. The summed E-state index contributed by atoms with van der Waals surface area (Å²) in [7, 11) is 0. The van der Waals surface area contributed by atoms with Gasteiger partial charge in [-0.25, -0.2) is 0 Å². The van der Waals surface area contributed by atoms with Gasteiger partial charge in [0, 0.05) is 0 Å². The number of hydrogen-bond acceptors (Lipinski definition) is 0. The van der Waals surface area contributed by atoms with Crippen molar-refractivity contribution in [2.75, 3.05) is 0 Å². The molecule has 0 amide bonds. The second kappa shape index (κ2) is 11.5. The number of rotatable bonds is 10. The highest BCUT2D eigenvalue weighted by atomic mass is 14.3. The van der Waals surface area contributed by atoms with Crippen LogP contribution in [-0.4, -0.2) is 0 Å². The van der Waals surface area contributed by atoms with Gasteiger partial charge in [-0.2, -0.15) is 0 Å². The third-order valence-corrected chi connectivity index (χ3v) is 7.01. The Hall–Kier alpha value is 0. The molecule has 0 aromatic carbocycles. The molecule has 0 aliphatic heterocycles. The first-order valence-corrected chi connectivity index (χ1v) is 11.3. The number of unbranched alkanes of at least 4 members (excludes halogenated alkanes) is 4. The summed E-state index contributed by atoms with van der Waals surface area (Å²) in [5.41, 5.74) is 0. The van der Waals surface area contributed by atoms with Crippen molar-refractivity contribution in [1.82, 2.24) is 0 Å². The molecule has 0 atom stereocenters. The highest BCUT2D eigenvalue weighted by Gasteiger charge is 2.26. The molecule has 2 rings (SSSR count). The van der Waals surface area contributed by atoms with Gasteiger partial charge in [-0.05, 0) is 30.1 Å². The maximum absolute atomic E-state index is 2.36. The largest absolute Gasteiger partial charge is 0.0654 e. The Morgan fingerprint density at radius 1 is 0.478 bits per heavy atom. The van der Waals surface area contributed by atoms with Gasteiger partial charge in [-0.3, -0.25) is 0 Å². The van der Waals surface area contributed by atoms with Crippen molar-refractivity contribution in [3.05, 3.63) is 0 Å². The van der Waals surface area contributed by atoms with E-state index in [9.17, 15) is 0 Å². The zero-order chi connectivity index (χ0) is 16.3. The van der Waals surface area contributed by atoms with Gasteiger partial charge >= 0.3 is 0 Å². The van der Waals surface area contributed by atoms with Crippen LogP contribution < -0.4 is 0 Å². The van der Waals surface area contributed by atoms with Crippen LogP contribution in [0.1, 0.15) is 123 Å². The highest BCUT2D eigenvalue weighted by Crippen LogP contribution is 2.40. The van der Waals surface area contributed by atoms with Gasteiger partial charge in [0.05, 0.1) is 0 Å². The van der Waals surface area contributed by atoms with Crippen LogP contribution in [0.25, 0.3) is 0 Å². The second-order valence-corrected chi connectivity index (χ2v) is 9.00. The average molecular weight is 321 g/mol. The molecule has 0 bridgehead atoms. The van der Waals surface area contributed by atoms with Crippen molar-refractivity contribution < 1.29 is 0 Å². The van der Waals surface area contributed by atoms with E-state index >= 15 is 0 Å². The van der Waals surface area contributed by atoms with E-state index in [-0.39, 0.29) is 0 Å². The lowest BCUT2D eigenvalue weighted by Crippen LogP contribution is -2.21. The minimum absolute atomic E-state index is 1.08. The van der Waals surface area contributed by atoms with Gasteiger partial charge in [0.1, 0.15) is 0 Å². The van der Waals surface area contributed by atoms with Gasteiger partial charge in [-0.15, -0.1) is 0 Å². The monoisotopic (exact) mass is 320 g/mol. The Bertz CT molecular complexity index is 266. The molecule has 0 unspecified atom stereocenters. The normalized spacial score (nSPS) is 32.1. The Kier molecular flexibility index (Phi) is 9.69. The zero-order valence-corrected chi connectivity index (χ0v) is 16.3. The van der Waals surface area contributed by atoms with Crippen LogP contribution in [0, 0.1) is 23.7 Å². The summed E-state index contributed by atoms with van der Waals surface area (Å²) < 4.78 is 0. The second-order valence-electron chi connectivity index (χ2n) is 9.00. The summed E-state index contributed by atoms with van der Waals surface area (Å²) in [6, 6.07) is 0. The van der Waals surface area contributed by atoms with E-state index in [0.717, 1.165) is 23.7 Å². The fourth-order valence-corrected chi connectivity index (χ4v) is 5.43. The average Bonchev–Trinajstić information content (AvgIpc) is 2.58. The molecular formula is C23H44. The Balaban J connectivity index is 1.51. The number of hydrogen-bond donors (Lipinski definition) is 0. The van der Waals surface area contributed by atoms with Crippen molar-refractivity contribution in [1.29, 1.82) is 0 Å². The van der Waals surface area contributed by atoms with Crippen LogP contribution in [0.4, 0.5) is 0 Å². The molecule has 0 N–H and O–H groups in total. The fourth-order valence-electron chi connectivity index (χ4n) is 5.43. The maximum Gasteiger partial charge on any atom is -0.0411 e. The molecule has 2 fully saturated rings. The fraction of sp³-hybridized carbons (Fsp3) is 1.00. The van der Waals surface area contributed by atoms with Crippen molar-refractivity contribution in [2.24, 2.45) is 23.7 Å². The van der Waals surface area contributed by atoms with Gasteiger partial charge in [0.25, 0.3) is 0 Å². The predicted octanol–water partition coefficient (Wildman–Crippen LogP) is 8.15. The SMILES string of the molecule is CCCCCCC[C@H]1CC[C@H](CC2CCC(CCC)CC2)CC1. The van der Waals surface area contributed by atoms with Crippen molar-refractivity contribution in [3.8, 4) is 0 Å². The quantitative estimate of drug-likeness (QED) is 0.356. The lowest BCUT2D eigenvalue weighted by molar-refractivity contribution is 0.183. The molecule has 2 saturated carbocycles. The molecular weight excluding hydrogens is 276 g/mol. The maximum atomic E-state index is 2.36. The van der Waals surface area contributed by atoms with Gasteiger partial charge < -0.3 is 0 Å². The van der Waals surface area contributed by atoms with E-state index in [4.69, 9.17) is 0 Å². The Morgan fingerprint density at radius 3 is 1.48 bits per heavy atom. The van der Waals surface area contributed by atoms with E-state index in [1.54, 1.807) is 64.2 Å². The van der Waals surface area contributed by atoms with Crippen LogP contribution in [0.5, 0.6) is 0 Å². The third kappa shape index (κ3) is 7.61. The summed E-state index contributed by atoms with van der Waals surface area (Å²) in [4.78, 5) is 0. The smallest absolute Gasteiger partial charge is 0.0411 e. The zero-order valence-electron chi connectivity index (χ0n) is 16.3. The topological polar surface area (TPSA) is 0 Å². The first-order valence-electron chi connectivity index (χ1n) is 11.3.